The first-order valence-electron chi connectivity index (χ1n) is 9.34. The van der Waals surface area contributed by atoms with Crippen molar-refractivity contribution < 1.29 is 9.26 Å². The molecule has 1 saturated carbocycles. The Morgan fingerprint density at radius 3 is 2.69 bits per heavy atom. The maximum atomic E-state index is 6.32. The minimum absolute atomic E-state index is 0. The highest BCUT2D eigenvalue weighted by molar-refractivity contribution is 6.33. The molecule has 142 valence electrons. The van der Waals surface area contributed by atoms with E-state index in [9.17, 15) is 0 Å². The molecule has 5 nitrogen and oxygen atoms in total. The van der Waals surface area contributed by atoms with Crippen LogP contribution >= 0.6 is 24.0 Å². The largest absolute Gasteiger partial charge is 0.485 e. The van der Waals surface area contributed by atoms with E-state index in [2.05, 4.69) is 15.4 Å². The van der Waals surface area contributed by atoms with E-state index in [4.69, 9.17) is 20.9 Å². The summed E-state index contributed by atoms with van der Waals surface area (Å²) in [6.07, 6.45) is 5.18. The van der Waals surface area contributed by atoms with Crippen molar-refractivity contribution in [2.75, 3.05) is 18.4 Å². The predicted octanol–water partition coefficient (Wildman–Crippen LogP) is 4.73. The van der Waals surface area contributed by atoms with Gasteiger partial charge in [0, 0.05) is 11.6 Å². The Bertz CT molecular complexity index is 810. The Labute approximate surface area is 164 Å². The third kappa shape index (κ3) is 2.67. The van der Waals surface area contributed by atoms with Crippen LogP contribution in [0.3, 0.4) is 0 Å². The Hall–Kier alpha value is -1.17. The van der Waals surface area contributed by atoms with Gasteiger partial charge in [0.25, 0.3) is 0 Å². The maximum Gasteiger partial charge on any atom is 0.212 e. The van der Waals surface area contributed by atoms with Crippen LogP contribution in [0.15, 0.2) is 16.7 Å². The number of benzene rings is 1. The SMILES string of the molecule is CC(C)Oc1c(Cl)ccc2c(N[C@@H]3C4CCN(CC4)C34CC4)noc12.Cl. The summed E-state index contributed by atoms with van der Waals surface area (Å²) in [6, 6.07) is 4.31. The van der Waals surface area contributed by atoms with Gasteiger partial charge >= 0.3 is 0 Å². The average Bonchev–Trinajstić information content (AvgIpc) is 3.27. The molecule has 7 heteroatoms. The zero-order valence-corrected chi connectivity index (χ0v) is 16.7. The molecule has 6 rings (SSSR count). The van der Waals surface area contributed by atoms with Crippen LogP contribution in [0.4, 0.5) is 5.82 Å². The van der Waals surface area contributed by atoms with E-state index in [1.54, 1.807) is 0 Å². The quantitative estimate of drug-likeness (QED) is 0.807. The van der Waals surface area contributed by atoms with Crippen molar-refractivity contribution in [3.05, 3.63) is 17.2 Å². The number of nitrogens with zero attached hydrogens (tertiary/aromatic N) is 2. The van der Waals surface area contributed by atoms with E-state index in [0.29, 0.717) is 27.9 Å². The molecule has 0 radical (unpaired) electrons. The first-order valence-corrected chi connectivity index (χ1v) is 9.72. The number of anilines is 1. The van der Waals surface area contributed by atoms with Gasteiger partial charge in [0.1, 0.15) is 0 Å². The van der Waals surface area contributed by atoms with Crippen LogP contribution < -0.4 is 10.1 Å². The summed E-state index contributed by atoms with van der Waals surface area (Å²) in [6.45, 7) is 6.47. The van der Waals surface area contributed by atoms with E-state index >= 15 is 0 Å². The zero-order valence-electron chi connectivity index (χ0n) is 15.1. The minimum Gasteiger partial charge on any atom is -0.485 e. The first kappa shape index (κ1) is 18.2. The normalized spacial score (nSPS) is 28.4. The van der Waals surface area contributed by atoms with Crippen LogP contribution in [0, 0.1) is 5.92 Å². The summed E-state index contributed by atoms with van der Waals surface area (Å²) < 4.78 is 11.5. The third-order valence-electron chi connectivity index (χ3n) is 6.18. The smallest absolute Gasteiger partial charge is 0.212 e. The van der Waals surface area contributed by atoms with Gasteiger partial charge in [0.2, 0.25) is 5.58 Å². The summed E-state index contributed by atoms with van der Waals surface area (Å²) in [7, 11) is 0. The number of hydrogen-bond donors (Lipinski definition) is 1. The predicted molar refractivity (Wildman–Crippen MR) is 106 cm³/mol. The van der Waals surface area contributed by atoms with Crippen molar-refractivity contribution in [1.29, 1.82) is 0 Å². The highest BCUT2D eigenvalue weighted by atomic mass is 35.5. The van der Waals surface area contributed by atoms with Crippen LogP contribution in [0.2, 0.25) is 5.02 Å². The van der Waals surface area contributed by atoms with Gasteiger partial charge in [-0.25, -0.2) is 0 Å². The highest BCUT2D eigenvalue weighted by Gasteiger charge is 2.60. The van der Waals surface area contributed by atoms with Crippen molar-refractivity contribution in [2.24, 2.45) is 5.92 Å². The molecule has 1 aromatic heterocycles. The fourth-order valence-corrected chi connectivity index (χ4v) is 5.07. The molecule has 4 fully saturated rings. The Kier molecular flexibility index (Phi) is 4.53. The summed E-state index contributed by atoms with van der Waals surface area (Å²) >= 11 is 6.32. The second-order valence-electron chi connectivity index (χ2n) is 8.00. The standard InChI is InChI=1S/C19H24ClN3O2.ClH/c1-11(2)24-16-14(20)4-3-13-15(16)25-22-18(13)21-17-12-5-9-23(10-6-12)19(17)7-8-19;/h3-4,11-12,17H,5-10H2,1-2H3,(H,21,22);1H/t17-;/m1./s1. The highest BCUT2D eigenvalue weighted by Crippen LogP contribution is 2.54. The van der Waals surface area contributed by atoms with Gasteiger partial charge in [0.15, 0.2) is 11.6 Å². The molecular formula is C19H25Cl2N3O2. The average molecular weight is 398 g/mol. The van der Waals surface area contributed by atoms with Gasteiger partial charge in [0.05, 0.1) is 16.5 Å². The van der Waals surface area contributed by atoms with Crippen molar-refractivity contribution in [1.82, 2.24) is 10.1 Å². The molecule has 1 atom stereocenters. The van der Waals surface area contributed by atoms with Crippen molar-refractivity contribution in [3.8, 4) is 5.75 Å². The molecule has 1 aliphatic carbocycles. The molecule has 1 aromatic carbocycles. The number of ether oxygens (including phenoxy) is 1. The van der Waals surface area contributed by atoms with E-state index in [1.165, 1.54) is 38.8 Å². The second-order valence-corrected chi connectivity index (χ2v) is 8.41. The van der Waals surface area contributed by atoms with Crippen molar-refractivity contribution >= 4 is 40.8 Å². The molecule has 1 N–H and O–H groups in total. The number of hydrogen-bond acceptors (Lipinski definition) is 5. The van der Waals surface area contributed by atoms with E-state index in [0.717, 1.165) is 17.1 Å². The fraction of sp³-hybridized carbons (Fsp3) is 0.632. The van der Waals surface area contributed by atoms with Crippen molar-refractivity contribution in [3.63, 3.8) is 0 Å². The van der Waals surface area contributed by atoms with E-state index < -0.39 is 0 Å². The van der Waals surface area contributed by atoms with Gasteiger partial charge in [-0.2, -0.15) is 0 Å². The zero-order chi connectivity index (χ0) is 17.2. The summed E-state index contributed by atoms with van der Waals surface area (Å²) in [5.74, 6) is 2.15. The number of rotatable bonds is 4. The number of piperidine rings is 3. The van der Waals surface area contributed by atoms with Crippen LogP contribution in [0.25, 0.3) is 11.0 Å². The van der Waals surface area contributed by atoms with Crippen LogP contribution in [0.1, 0.15) is 39.5 Å². The molecule has 2 aromatic rings. The molecule has 3 aliphatic heterocycles. The number of nitrogens with one attached hydrogen (secondary N) is 1. The van der Waals surface area contributed by atoms with Crippen LogP contribution in [-0.2, 0) is 0 Å². The van der Waals surface area contributed by atoms with Gasteiger partial charge in [-0.15, -0.1) is 12.4 Å². The first-order chi connectivity index (χ1) is 12.1. The lowest BCUT2D eigenvalue weighted by Crippen LogP contribution is -2.62. The Morgan fingerprint density at radius 1 is 1.31 bits per heavy atom. The molecule has 26 heavy (non-hydrogen) atoms. The van der Waals surface area contributed by atoms with Gasteiger partial charge in [-0.05, 0) is 70.7 Å². The minimum atomic E-state index is 0. The molecule has 2 bridgehead atoms. The Balaban J connectivity index is 0.00000168. The maximum absolute atomic E-state index is 6.32. The summed E-state index contributed by atoms with van der Waals surface area (Å²) in [5, 5.41) is 9.59. The molecule has 4 aliphatic rings. The molecule has 4 heterocycles. The lowest BCUT2D eigenvalue weighted by molar-refractivity contribution is 0.0202. The lowest BCUT2D eigenvalue weighted by atomic mass is 9.77. The third-order valence-corrected chi connectivity index (χ3v) is 6.47. The molecule has 0 amide bonds. The number of fused-ring (bicyclic) bond motifs is 3. The van der Waals surface area contributed by atoms with Crippen LogP contribution in [-0.4, -0.2) is 40.8 Å². The summed E-state index contributed by atoms with van der Waals surface area (Å²) in [4.78, 5) is 2.69. The molecule has 1 spiro atoms. The Morgan fingerprint density at radius 2 is 2.04 bits per heavy atom. The number of aromatic nitrogens is 1. The molecular weight excluding hydrogens is 373 g/mol. The second kappa shape index (κ2) is 6.47. The van der Waals surface area contributed by atoms with Gasteiger partial charge < -0.3 is 14.6 Å². The molecule has 0 unspecified atom stereocenters. The van der Waals surface area contributed by atoms with Gasteiger partial charge in [-0.3, -0.25) is 4.90 Å². The monoisotopic (exact) mass is 397 g/mol. The fourth-order valence-electron chi connectivity index (χ4n) is 4.87. The van der Waals surface area contributed by atoms with Crippen molar-refractivity contribution in [2.45, 2.75) is 57.2 Å². The van der Waals surface area contributed by atoms with E-state index in [1.807, 2.05) is 26.0 Å². The molecule has 3 saturated heterocycles. The topological polar surface area (TPSA) is 50.5 Å². The van der Waals surface area contributed by atoms with E-state index in [-0.39, 0.29) is 18.5 Å². The van der Waals surface area contributed by atoms with Crippen LogP contribution in [0.5, 0.6) is 5.75 Å². The van der Waals surface area contributed by atoms with Gasteiger partial charge in [-0.1, -0.05) is 16.8 Å². The summed E-state index contributed by atoms with van der Waals surface area (Å²) in [5.41, 5.74) is 0.991. The number of halogens is 2. The lowest BCUT2D eigenvalue weighted by Gasteiger charge is -2.52.